The first kappa shape index (κ1) is 22.7. The molecule has 0 bridgehead atoms. The third kappa shape index (κ3) is 4.67. The second-order valence-electron chi connectivity index (χ2n) is 7.32. The number of carbonyl (C=O) groups excluding carboxylic acids is 1. The lowest BCUT2D eigenvalue weighted by atomic mass is 10.1. The van der Waals surface area contributed by atoms with Gasteiger partial charge in [-0.25, -0.2) is 4.98 Å². The van der Waals surface area contributed by atoms with Gasteiger partial charge in [-0.15, -0.1) is 12.4 Å². The molecule has 0 radical (unpaired) electrons. The Kier molecular flexibility index (Phi) is 7.46. The van der Waals surface area contributed by atoms with Crippen molar-refractivity contribution in [2.45, 2.75) is 27.3 Å². The maximum atomic E-state index is 13.3. The van der Waals surface area contributed by atoms with Gasteiger partial charge in [-0.2, -0.15) is 5.10 Å². The van der Waals surface area contributed by atoms with E-state index in [0.717, 1.165) is 54.7 Å². The number of aryl methyl sites for hydroxylation is 3. The van der Waals surface area contributed by atoms with Gasteiger partial charge in [-0.3, -0.25) is 19.3 Å². The van der Waals surface area contributed by atoms with E-state index in [-0.39, 0.29) is 18.3 Å². The summed E-state index contributed by atoms with van der Waals surface area (Å²) in [7, 11) is 0. The molecule has 0 N–H and O–H groups in total. The Hall–Kier alpha value is -2.00. The molecule has 0 aliphatic carbocycles. The van der Waals surface area contributed by atoms with Crippen molar-refractivity contribution in [2.75, 3.05) is 44.3 Å². The van der Waals surface area contributed by atoms with Crippen LogP contribution >= 0.6 is 23.7 Å². The first-order valence-electron chi connectivity index (χ1n) is 10.1. The molecule has 3 aromatic rings. The van der Waals surface area contributed by atoms with E-state index in [1.54, 1.807) is 27.0 Å². The number of ether oxygens (including phenoxy) is 1. The molecular formula is C21H28ClN5O2S. The van der Waals surface area contributed by atoms with E-state index in [2.05, 4.69) is 36.0 Å². The molecule has 0 saturated carbocycles. The average molecular weight is 450 g/mol. The number of morpholine rings is 1. The van der Waals surface area contributed by atoms with E-state index < -0.39 is 0 Å². The fourth-order valence-corrected chi connectivity index (χ4v) is 4.52. The summed E-state index contributed by atoms with van der Waals surface area (Å²) in [5.41, 5.74) is 3.82. The largest absolute Gasteiger partial charge is 0.379 e. The third-order valence-electron chi connectivity index (χ3n) is 5.48. The molecular weight excluding hydrogens is 422 g/mol. The van der Waals surface area contributed by atoms with Crippen LogP contribution in [0, 0.1) is 13.8 Å². The van der Waals surface area contributed by atoms with Crippen molar-refractivity contribution in [1.29, 1.82) is 0 Å². The van der Waals surface area contributed by atoms with Gasteiger partial charge in [0.15, 0.2) is 10.8 Å². The minimum Gasteiger partial charge on any atom is -0.379 e. The number of fused-ring (bicyclic) bond motifs is 1. The first-order chi connectivity index (χ1) is 14.1. The molecule has 1 aliphatic rings. The highest BCUT2D eigenvalue weighted by Gasteiger charge is 2.25. The van der Waals surface area contributed by atoms with Crippen LogP contribution in [0.5, 0.6) is 0 Å². The Bertz CT molecular complexity index is 1010. The molecule has 2 aromatic heterocycles. The maximum Gasteiger partial charge on any atom is 0.280 e. The smallest absolute Gasteiger partial charge is 0.280 e. The molecule has 9 heteroatoms. The van der Waals surface area contributed by atoms with E-state index in [0.29, 0.717) is 12.2 Å². The predicted molar refractivity (Wildman–Crippen MR) is 123 cm³/mol. The molecule has 1 fully saturated rings. The highest BCUT2D eigenvalue weighted by Crippen LogP contribution is 2.32. The van der Waals surface area contributed by atoms with Gasteiger partial charge in [-0.05, 0) is 44.0 Å². The van der Waals surface area contributed by atoms with E-state index in [1.165, 1.54) is 11.1 Å². The molecule has 30 heavy (non-hydrogen) atoms. The summed E-state index contributed by atoms with van der Waals surface area (Å²) in [6.45, 7) is 11.6. The normalized spacial score (nSPS) is 14.6. The Balaban J connectivity index is 0.00000256. The highest BCUT2D eigenvalue weighted by atomic mass is 35.5. The quantitative estimate of drug-likeness (QED) is 0.576. The summed E-state index contributed by atoms with van der Waals surface area (Å²) >= 11 is 1.57. The zero-order valence-electron chi connectivity index (χ0n) is 17.6. The van der Waals surface area contributed by atoms with Gasteiger partial charge < -0.3 is 4.74 Å². The molecule has 0 spiro atoms. The number of anilines is 1. The molecule has 1 aliphatic heterocycles. The van der Waals surface area contributed by atoms with Gasteiger partial charge in [0.1, 0.15) is 0 Å². The van der Waals surface area contributed by atoms with Gasteiger partial charge in [0.25, 0.3) is 5.91 Å². The Labute approximate surface area is 187 Å². The maximum absolute atomic E-state index is 13.3. The minimum atomic E-state index is -0.0982. The van der Waals surface area contributed by atoms with Crippen molar-refractivity contribution in [2.24, 2.45) is 0 Å². The molecule has 1 amide bonds. The fourth-order valence-electron chi connectivity index (χ4n) is 3.47. The SMILES string of the molecule is CCn1ccc(C(=O)N(CCN2CCOCC2)c2nc3c(C)c(C)ccc3s2)n1.Cl. The number of benzene rings is 1. The predicted octanol–water partition coefficient (Wildman–Crippen LogP) is 3.53. The molecule has 3 heterocycles. The monoisotopic (exact) mass is 449 g/mol. The lowest BCUT2D eigenvalue weighted by Crippen LogP contribution is -2.43. The van der Waals surface area contributed by atoms with E-state index in [4.69, 9.17) is 9.72 Å². The van der Waals surface area contributed by atoms with Crippen LogP contribution in [0.25, 0.3) is 10.2 Å². The van der Waals surface area contributed by atoms with Gasteiger partial charge >= 0.3 is 0 Å². The van der Waals surface area contributed by atoms with Gasteiger partial charge in [0.2, 0.25) is 0 Å². The standard InChI is InChI=1S/C21H27N5O2S.ClH/c1-4-25-8-7-17(23-25)20(27)26(10-9-24-11-13-28-14-12-24)21-22-19-16(3)15(2)5-6-18(19)29-21;/h5-8H,4,9-14H2,1-3H3;1H. The van der Waals surface area contributed by atoms with Crippen molar-refractivity contribution in [3.8, 4) is 0 Å². The van der Waals surface area contributed by atoms with Crippen LogP contribution in [0.15, 0.2) is 24.4 Å². The summed E-state index contributed by atoms with van der Waals surface area (Å²) < 4.78 is 8.32. The number of halogens is 1. The lowest BCUT2D eigenvalue weighted by Gasteiger charge is -2.29. The van der Waals surface area contributed by atoms with Crippen LogP contribution in [0.3, 0.4) is 0 Å². The lowest BCUT2D eigenvalue weighted by molar-refractivity contribution is 0.0391. The van der Waals surface area contributed by atoms with Gasteiger partial charge in [0.05, 0.1) is 23.4 Å². The molecule has 4 rings (SSSR count). The second-order valence-corrected chi connectivity index (χ2v) is 8.33. The molecule has 1 aromatic carbocycles. The van der Waals surface area contributed by atoms with Crippen molar-refractivity contribution in [1.82, 2.24) is 19.7 Å². The van der Waals surface area contributed by atoms with Crippen LogP contribution in [0.4, 0.5) is 5.13 Å². The van der Waals surface area contributed by atoms with Crippen molar-refractivity contribution in [3.63, 3.8) is 0 Å². The van der Waals surface area contributed by atoms with Crippen molar-refractivity contribution >= 4 is 45.0 Å². The Morgan fingerprint density at radius 3 is 2.70 bits per heavy atom. The number of nitrogens with zero attached hydrogens (tertiary/aromatic N) is 5. The molecule has 1 saturated heterocycles. The first-order valence-corrected chi connectivity index (χ1v) is 10.9. The number of rotatable bonds is 6. The summed E-state index contributed by atoms with van der Waals surface area (Å²) in [5, 5.41) is 5.16. The van der Waals surface area contributed by atoms with Crippen LogP contribution < -0.4 is 4.90 Å². The number of carbonyl (C=O) groups is 1. The summed E-state index contributed by atoms with van der Waals surface area (Å²) in [5.74, 6) is -0.0982. The Morgan fingerprint density at radius 1 is 1.23 bits per heavy atom. The number of thiazole rings is 1. The molecule has 0 atom stereocenters. The Morgan fingerprint density at radius 2 is 2.00 bits per heavy atom. The van der Waals surface area contributed by atoms with Crippen LogP contribution in [-0.4, -0.2) is 65.0 Å². The van der Waals surface area contributed by atoms with E-state index >= 15 is 0 Å². The number of hydrogen-bond donors (Lipinski definition) is 0. The van der Waals surface area contributed by atoms with Crippen LogP contribution in [0.2, 0.25) is 0 Å². The topological polar surface area (TPSA) is 63.5 Å². The number of amides is 1. The summed E-state index contributed by atoms with van der Waals surface area (Å²) in [4.78, 5) is 22.3. The third-order valence-corrected chi connectivity index (χ3v) is 6.52. The zero-order valence-corrected chi connectivity index (χ0v) is 19.3. The summed E-state index contributed by atoms with van der Waals surface area (Å²) in [6, 6.07) is 5.99. The van der Waals surface area contributed by atoms with E-state index in [1.807, 2.05) is 13.1 Å². The number of hydrogen-bond acceptors (Lipinski definition) is 6. The van der Waals surface area contributed by atoms with Gasteiger partial charge in [0, 0.05) is 38.9 Å². The average Bonchev–Trinajstić information content (AvgIpc) is 3.39. The van der Waals surface area contributed by atoms with Gasteiger partial charge in [-0.1, -0.05) is 17.4 Å². The summed E-state index contributed by atoms with van der Waals surface area (Å²) in [6.07, 6.45) is 1.85. The zero-order chi connectivity index (χ0) is 20.4. The van der Waals surface area contributed by atoms with Crippen LogP contribution in [0.1, 0.15) is 28.5 Å². The van der Waals surface area contributed by atoms with Crippen LogP contribution in [-0.2, 0) is 11.3 Å². The number of aromatic nitrogens is 3. The molecule has 0 unspecified atom stereocenters. The molecule has 7 nitrogen and oxygen atoms in total. The second kappa shape index (κ2) is 9.87. The minimum absolute atomic E-state index is 0. The molecule has 162 valence electrons. The van der Waals surface area contributed by atoms with Crippen molar-refractivity contribution < 1.29 is 9.53 Å². The fraction of sp³-hybridized carbons (Fsp3) is 0.476. The van der Waals surface area contributed by atoms with Crippen molar-refractivity contribution in [3.05, 3.63) is 41.2 Å². The van der Waals surface area contributed by atoms with E-state index in [9.17, 15) is 4.79 Å². The highest BCUT2D eigenvalue weighted by molar-refractivity contribution is 7.22.